The molecule has 2 N–H and O–H groups in total. The highest BCUT2D eigenvalue weighted by Crippen LogP contribution is 2.55. The van der Waals surface area contributed by atoms with Gasteiger partial charge in [-0.2, -0.15) is 0 Å². The van der Waals surface area contributed by atoms with Crippen LogP contribution in [0.3, 0.4) is 0 Å². The van der Waals surface area contributed by atoms with Crippen molar-refractivity contribution in [3.63, 3.8) is 0 Å². The molecule has 3 heterocycles. The molecule has 3 aliphatic heterocycles. The lowest BCUT2D eigenvalue weighted by molar-refractivity contribution is 0.0615. The van der Waals surface area contributed by atoms with E-state index in [4.69, 9.17) is 5.21 Å². The van der Waals surface area contributed by atoms with E-state index in [0.717, 1.165) is 36.2 Å². The van der Waals surface area contributed by atoms with Crippen molar-refractivity contribution in [2.45, 2.75) is 70.1 Å². The summed E-state index contributed by atoms with van der Waals surface area (Å²) in [6.07, 6.45) is 7.07. The largest absolute Gasteiger partial charge is 0.297 e. The fraction of sp³-hybridized carbons (Fsp3) is 0.667. The van der Waals surface area contributed by atoms with Crippen molar-refractivity contribution in [3.8, 4) is 0 Å². The van der Waals surface area contributed by atoms with Crippen LogP contribution in [0.4, 0.5) is 4.39 Å². The quantitative estimate of drug-likeness (QED) is 0.616. The van der Waals surface area contributed by atoms with Crippen LogP contribution in [0, 0.1) is 11.2 Å². The Kier molecular flexibility index (Phi) is 4.08. The molecular weight excluding hydrogens is 345 g/mol. The SMILES string of the molecule is CC[C@@H]1Cc2c(F)cc(C(=O)NO)cc2CN1CC12CC(C1)N(C1CC1)C2. The van der Waals surface area contributed by atoms with Gasteiger partial charge in [-0.15, -0.1) is 0 Å². The minimum atomic E-state index is -0.655. The van der Waals surface area contributed by atoms with Gasteiger partial charge >= 0.3 is 0 Å². The van der Waals surface area contributed by atoms with Crippen LogP contribution < -0.4 is 5.48 Å². The third-order valence-corrected chi connectivity index (χ3v) is 7.33. The molecule has 0 radical (unpaired) electrons. The van der Waals surface area contributed by atoms with Gasteiger partial charge in [0.1, 0.15) is 5.82 Å². The maximum Gasteiger partial charge on any atom is 0.274 e. The monoisotopic (exact) mass is 373 g/mol. The van der Waals surface area contributed by atoms with Crippen molar-refractivity contribution in [2.24, 2.45) is 5.41 Å². The fourth-order valence-corrected chi connectivity index (χ4v) is 5.82. The highest BCUT2D eigenvalue weighted by Gasteiger charge is 2.58. The van der Waals surface area contributed by atoms with Crippen LogP contribution in [-0.2, 0) is 13.0 Å². The molecule has 27 heavy (non-hydrogen) atoms. The van der Waals surface area contributed by atoms with Gasteiger partial charge in [0.15, 0.2) is 0 Å². The van der Waals surface area contributed by atoms with Crippen molar-refractivity contribution < 1.29 is 14.4 Å². The summed E-state index contributed by atoms with van der Waals surface area (Å²) in [5.41, 5.74) is 3.84. The number of amides is 1. The molecule has 6 heteroatoms. The van der Waals surface area contributed by atoms with Gasteiger partial charge in [0, 0.05) is 43.3 Å². The molecule has 2 aliphatic carbocycles. The van der Waals surface area contributed by atoms with E-state index in [-0.39, 0.29) is 11.4 Å². The van der Waals surface area contributed by atoms with E-state index in [2.05, 4.69) is 16.7 Å². The van der Waals surface area contributed by atoms with Crippen molar-refractivity contribution in [1.82, 2.24) is 15.3 Å². The molecule has 1 atom stereocenters. The first kappa shape index (κ1) is 17.6. The first-order valence-electron chi connectivity index (χ1n) is 10.3. The molecule has 2 bridgehead atoms. The maximum absolute atomic E-state index is 14.6. The highest BCUT2D eigenvalue weighted by molar-refractivity contribution is 5.93. The zero-order chi connectivity index (χ0) is 18.8. The van der Waals surface area contributed by atoms with E-state index >= 15 is 0 Å². The number of hydroxylamine groups is 1. The molecule has 6 rings (SSSR count). The van der Waals surface area contributed by atoms with Crippen LogP contribution in [0.1, 0.15) is 60.5 Å². The van der Waals surface area contributed by atoms with Crippen molar-refractivity contribution in [2.75, 3.05) is 13.1 Å². The molecule has 1 aromatic carbocycles. The molecule has 146 valence electrons. The lowest BCUT2D eigenvalue weighted by atomic mass is 9.69. The summed E-state index contributed by atoms with van der Waals surface area (Å²) in [7, 11) is 0. The molecule has 0 spiro atoms. The van der Waals surface area contributed by atoms with Gasteiger partial charge in [-0.25, -0.2) is 9.87 Å². The summed E-state index contributed by atoms with van der Waals surface area (Å²) in [6.45, 7) is 5.17. The Bertz CT molecular complexity index is 773. The summed E-state index contributed by atoms with van der Waals surface area (Å²) in [4.78, 5) is 17.0. The molecule has 5 aliphatic rings. The van der Waals surface area contributed by atoms with Gasteiger partial charge in [-0.1, -0.05) is 6.92 Å². The lowest BCUT2D eigenvalue weighted by Crippen LogP contribution is -2.49. The first-order chi connectivity index (χ1) is 13.0. The Morgan fingerprint density at radius 1 is 1.33 bits per heavy atom. The molecule has 0 unspecified atom stereocenters. The number of carbonyl (C=O) groups excluding carboxylic acids is 1. The van der Waals surface area contributed by atoms with E-state index in [9.17, 15) is 9.18 Å². The summed E-state index contributed by atoms with van der Waals surface area (Å²) in [5.74, 6) is -0.982. The van der Waals surface area contributed by atoms with Gasteiger partial charge in [0.2, 0.25) is 0 Å². The number of carbonyl (C=O) groups is 1. The summed E-state index contributed by atoms with van der Waals surface area (Å²) in [6, 6.07) is 4.98. The van der Waals surface area contributed by atoms with Crippen LogP contribution in [0.5, 0.6) is 0 Å². The molecule has 2 saturated heterocycles. The minimum Gasteiger partial charge on any atom is -0.297 e. The van der Waals surface area contributed by atoms with E-state index in [1.807, 2.05) is 0 Å². The minimum absolute atomic E-state index is 0.186. The smallest absolute Gasteiger partial charge is 0.274 e. The Balaban J connectivity index is 1.37. The van der Waals surface area contributed by atoms with Gasteiger partial charge in [-0.3, -0.25) is 19.8 Å². The van der Waals surface area contributed by atoms with Crippen molar-refractivity contribution in [1.29, 1.82) is 0 Å². The second kappa shape index (κ2) is 6.26. The van der Waals surface area contributed by atoms with Crippen LogP contribution in [0.2, 0.25) is 0 Å². The Hall–Kier alpha value is -1.50. The highest BCUT2D eigenvalue weighted by atomic mass is 19.1. The maximum atomic E-state index is 14.6. The lowest BCUT2D eigenvalue weighted by Gasteiger charge is -2.45. The van der Waals surface area contributed by atoms with Gasteiger partial charge in [0.05, 0.1) is 0 Å². The first-order valence-corrected chi connectivity index (χ1v) is 10.3. The fourth-order valence-electron chi connectivity index (χ4n) is 5.82. The second-order valence-corrected chi connectivity index (χ2v) is 9.17. The molecule has 1 aromatic rings. The summed E-state index contributed by atoms with van der Waals surface area (Å²) in [5, 5.41) is 8.88. The third kappa shape index (κ3) is 2.89. The number of nitrogens with one attached hydrogen (secondary N) is 1. The average molecular weight is 373 g/mol. The number of benzene rings is 1. The normalized spacial score (nSPS) is 32.9. The third-order valence-electron chi connectivity index (χ3n) is 7.33. The number of halogens is 1. The number of hydrogen-bond acceptors (Lipinski definition) is 4. The predicted octanol–water partition coefficient (Wildman–Crippen LogP) is 2.71. The molecule has 4 fully saturated rings. The summed E-state index contributed by atoms with van der Waals surface area (Å²) < 4.78 is 14.6. The van der Waals surface area contributed by atoms with Crippen LogP contribution >= 0.6 is 0 Å². The average Bonchev–Trinajstić information content (AvgIpc) is 3.34. The summed E-state index contributed by atoms with van der Waals surface area (Å²) >= 11 is 0. The van der Waals surface area contributed by atoms with Crippen LogP contribution in [0.25, 0.3) is 0 Å². The van der Waals surface area contributed by atoms with Gasteiger partial charge < -0.3 is 0 Å². The van der Waals surface area contributed by atoms with Crippen molar-refractivity contribution >= 4 is 5.91 Å². The van der Waals surface area contributed by atoms with E-state index < -0.39 is 5.91 Å². The number of nitrogens with zero attached hydrogens (tertiary/aromatic N) is 2. The zero-order valence-electron chi connectivity index (χ0n) is 15.9. The zero-order valence-corrected chi connectivity index (χ0v) is 15.9. The van der Waals surface area contributed by atoms with Gasteiger partial charge in [-0.05, 0) is 67.2 Å². The topological polar surface area (TPSA) is 55.8 Å². The van der Waals surface area contributed by atoms with Crippen molar-refractivity contribution in [3.05, 3.63) is 34.6 Å². The standard InChI is InChI=1S/C21H28FN3O2/c1-2-15-7-18-14(5-13(6-19(18)22)20(26)23-27)10-24(15)11-21-8-17(9-21)25(12-21)16-3-4-16/h5-6,15-17,27H,2-4,7-12H2,1H3,(H,23,26)/t15-,17?,21?/m1/s1. The van der Waals surface area contributed by atoms with E-state index in [1.165, 1.54) is 38.3 Å². The number of hydrogen-bond donors (Lipinski definition) is 2. The van der Waals surface area contributed by atoms with E-state index in [0.29, 0.717) is 24.4 Å². The van der Waals surface area contributed by atoms with Crippen LogP contribution in [-0.4, -0.2) is 52.1 Å². The van der Waals surface area contributed by atoms with Gasteiger partial charge in [0.25, 0.3) is 5.91 Å². The molecule has 1 amide bonds. The van der Waals surface area contributed by atoms with E-state index in [1.54, 1.807) is 11.5 Å². The number of rotatable bonds is 5. The molecular formula is C21H28FN3O2. The number of fused-ring (bicyclic) bond motifs is 2. The molecule has 5 nitrogen and oxygen atoms in total. The molecule has 0 aromatic heterocycles. The Labute approximate surface area is 159 Å². The Morgan fingerprint density at radius 3 is 2.78 bits per heavy atom. The predicted molar refractivity (Wildman–Crippen MR) is 99.0 cm³/mol. The molecule has 2 saturated carbocycles. The Morgan fingerprint density at radius 2 is 2.11 bits per heavy atom. The van der Waals surface area contributed by atoms with Crippen LogP contribution in [0.15, 0.2) is 12.1 Å². The second-order valence-electron chi connectivity index (χ2n) is 9.17.